The molecule has 212 valence electrons. The zero-order valence-electron chi connectivity index (χ0n) is 20.6. The summed E-state index contributed by atoms with van der Waals surface area (Å²) in [5.74, 6) is -3.94. The lowest BCUT2D eigenvalue weighted by Crippen LogP contribution is -2.39. The van der Waals surface area contributed by atoms with Crippen molar-refractivity contribution in [3.05, 3.63) is 29.8 Å². The first-order valence-electron chi connectivity index (χ1n) is 11.1. The third-order valence-electron chi connectivity index (χ3n) is 4.68. The first-order valence-corrected chi connectivity index (χ1v) is 11.1. The molecule has 15 nitrogen and oxygen atoms in total. The number of carboxylic acid groups (broad SMARTS) is 4. The van der Waals surface area contributed by atoms with E-state index in [1.165, 1.54) is 26.0 Å². The second-order valence-electron chi connectivity index (χ2n) is 8.01. The summed E-state index contributed by atoms with van der Waals surface area (Å²) in [5.41, 5.74) is 15.9. The van der Waals surface area contributed by atoms with Crippen LogP contribution in [0.25, 0.3) is 0 Å². The third-order valence-corrected chi connectivity index (χ3v) is 4.68. The number of hydrogen-bond acceptors (Lipinski definition) is 11. The van der Waals surface area contributed by atoms with Crippen LogP contribution in [-0.4, -0.2) is 103 Å². The number of nitrogens with one attached hydrogen (secondary N) is 1. The van der Waals surface area contributed by atoms with Crippen LogP contribution < -0.4 is 22.5 Å². The quantitative estimate of drug-likeness (QED) is 0.167. The van der Waals surface area contributed by atoms with E-state index in [1.54, 1.807) is 12.1 Å². The van der Waals surface area contributed by atoms with Crippen LogP contribution in [0.1, 0.15) is 32.3 Å². The molecule has 1 fully saturated rings. The Morgan fingerprint density at radius 1 is 0.865 bits per heavy atom. The Hall–Kier alpha value is -3.34. The van der Waals surface area contributed by atoms with Crippen molar-refractivity contribution in [1.29, 1.82) is 0 Å². The number of aliphatic carboxylic acids is 4. The van der Waals surface area contributed by atoms with E-state index < -0.39 is 54.2 Å². The van der Waals surface area contributed by atoms with E-state index in [1.807, 2.05) is 0 Å². The Morgan fingerprint density at radius 2 is 1.30 bits per heavy atom. The molecule has 3 unspecified atom stereocenters. The molecule has 37 heavy (non-hydrogen) atoms. The number of benzene rings is 1. The highest BCUT2D eigenvalue weighted by molar-refractivity contribution is 5.74. The van der Waals surface area contributed by atoms with Gasteiger partial charge in [-0.1, -0.05) is 12.1 Å². The number of aliphatic hydroxyl groups excluding tert-OH is 2. The van der Waals surface area contributed by atoms with Crippen LogP contribution in [0.5, 0.6) is 5.75 Å². The predicted octanol–water partition coefficient (Wildman–Crippen LogP) is -2.27. The molecule has 0 saturated carbocycles. The summed E-state index contributed by atoms with van der Waals surface area (Å²) in [6.07, 6.45) is 0.0991. The molecule has 0 amide bonds. The van der Waals surface area contributed by atoms with Gasteiger partial charge in [-0.05, 0) is 57.4 Å². The van der Waals surface area contributed by atoms with Gasteiger partial charge in [0.05, 0.1) is 12.2 Å². The van der Waals surface area contributed by atoms with Crippen molar-refractivity contribution in [2.75, 3.05) is 6.54 Å². The molecular formula is C22H38N4O11. The van der Waals surface area contributed by atoms with Gasteiger partial charge in [0.25, 0.3) is 0 Å². The lowest BCUT2D eigenvalue weighted by atomic mass is 10.1. The second kappa shape index (κ2) is 18.9. The summed E-state index contributed by atoms with van der Waals surface area (Å²) < 4.78 is 0. The molecule has 14 N–H and O–H groups in total. The summed E-state index contributed by atoms with van der Waals surface area (Å²) in [7, 11) is 0. The molecule has 1 aliphatic heterocycles. The summed E-state index contributed by atoms with van der Waals surface area (Å²) in [6.45, 7) is 3.52. The lowest BCUT2D eigenvalue weighted by Gasteiger charge is -2.07. The first-order chi connectivity index (χ1) is 17.0. The fourth-order valence-electron chi connectivity index (χ4n) is 2.28. The van der Waals surface area contributed by atoms with Crippen molar-refractivity contribution in [3.8, 4) is 5.75 Å². The molecule has 0 bridgehead atoms. The Labute approximate surface area is 213 Å². The molecule has 1 aliphatic rings. The van der Waals surface area contributed by atoms with Crippen LogP contribution in [0, 0.1) is 0 Å². The average Bonchev–Trinajstić information content (AvgIpc) is 3.36. The van der Waals surface area contributed by atoms with Crippen LogP contribution in [0.15, 0.2) is 24.3 Å². The molecule has 1 saturated heterocycles. The Balaban J connectivity index is 0. The fraction of sp³-hybridized carbons (Fsp3) is 0.545. The maximum Gasteiger partial charge on any atom is 0.323 e. The number of phenolic OH excluding ortho intramolecular Hbond substituents is 1. The number of aromatic hydroxyl groups is 1. The minimum atomic E-state index is -1.18. The highest BCUT2D eigenvalue weighted by atomic mass is 16.4. The van der Waals surface area contributed by atoms with Gasteiger partial charge in [-0.15, -0.1) is 0 Å². The average molecular weight is 535 g/mol. The molecule has 0 aliphatic carbocycles. The van der Waals surface area contributed by atoms with Crippen molar-refractivity contribution in [2.24, 2.45) is 17.2 Å². The first kappa shape index (κ1) is 35.8. The number of hydrogen-bond donors (Lipinski definition) is 11. The maximum atomic E-state index is 10.4. The minimum Gasteiger partial charge on any atom is -0.508 e. The minimum absolute atomic E-state index is 0.160. The SMILES string of the molecule is CC(O)C(N)C(=O)O.C[C@H](O)[C@@H](N)C(=O)O.NC(Cc1ccc(O)cc1)C(=O)O.O=C(O)[C@@H]1CCCN1. The van der Waals surface area contributed by atoms with E-state index >= 15 is 0 Å². The highest BCUT2D eigenvalue weighted by Gasteiger charge is 2.20. The Kier molecular flexibility index (Phi) is 18.3. The lowest BCUT2D eigenvalue weighted by molar-refractivity contribution is -0.141. The van der Waals surface area contributed by atoms with Gasteiger partial charge in [0, 0.05) is 0 Å². The fourth-order valence-corrected chi connectivity index (χ4v) is 2.28. The summed E-state index contributed by atoms with van der Waals surface area (Å²) >= 11 is 0. The predicted molar refractivity (Wildman–Crippen MR) is 131 cm³/mol. The van der Waals surface area contributed by atoms with Crippen LogP contribution in [-0.2, 0) is 25.6 Å². The van der Waals surface area contributed by atoms with Gasteiger partial charge < -0.3 is 58.3 Å². The van der Waals surface area contributed by atoms with Crippen molar-refractivity contribution in [3.63, 3.8) is 0 Å². The highest BCUT2D eigenvalue weighted by Crippen LogP contribution is 2.10. The number of rotatable bonds is 8. The summed E-state index contributed by atoms with van der Waals surface area (Å²) in [4.78, 5) is 40.2. The topological polar surface area (TPSA) is 300 Å². The van der Waals surface area contributed by atoms with E-state index in [2.05, 4.69) is 5.32 Å². The molecule has 1 aromatic carbocycles. The molecule has 1 heterocycles. The molecule has 6 atom stereocenters. The van der Waals surface area contributed by atoms with Crippen LogP contribution in [0.2, 0.25) is 0 Å². The van der Waals surface area contributed by atoms with Gasteiger partial charge in [0.2, 0.25) is 0 Å². The third kappa shape index (κ3) is 17.7. The van der Waals surface area contributed by atoms with Crippen molar-refractivity contribution >= 4 is 23.9 Å². The summed E-state index contributed by atoms with van der Waals surface area (Å²) in [5, 5.41) is 61.8. The van der Waals surface area contributed by atoms with E-state index in [0.29, 0.717) is 0 Å². The zero-order valence-corrected chi connectivity index (χ0v) is 20.6. The number of aliphatic hydroxyl groups is 2. The van der Waals surface area contributed by atoms with E-state index in [9.17, 15) is 19.2 Å². The molecule has 0 aromatic heterocycles. The van der Waals surface area contributed by atoms with Crippen molar-refractivity contribution < 1.29 is 54.9 Å². The number of nitrogens with two attached hydrogens (primary N) is 3. The van der Waals surface area contributed by atoms with Gasteiger partial charge >= 0.3 is 23.9 Å². The molecule has 0 radical (unpaired) electrons. The van der Waals surface area contributed by atoms with E-state index in [0.717, 1.165) is 24.9 Å². The van der Waals surface area contributed by atoms with E-state index in [-0.39, 0.29) is 18.2 Å². The van der Waals surface area contributed by atoms with Crippen molar-refractivity contribution in [1.82, 2.24) is 5.32 Å². The van der Waals surface area contributed by atoms with E-state index in [4.69, 9.17) is 52.9 Å². The number of carbonyl (C=O) groups is 4. The van der Waals surface area contributed by atoms with Crippen LogP contribution >= 0.6 is 0 Å². The number of carboxylic acids is 4. The second-order valence-corrected chi connectivity index (χ2v) is 8.01. The number of phenols is 1. The van der Waals surface area contributed by atoms with Gasteiger partial charge in [-0.2, -0.15) is 0 Å². The monoisotopic (exact) mass is 534 g/mol. The molecule has 15 heteroatoms. The van der Waals surface area contributed by atoms with Gasteiger partial charge in [0.15, 0.2) is 0 Å². The van der Waals surface area contributed by atoms with Gasteiger partial charge in [-0.25, -0.2) is 0 Å². The maximum absolute atomic E-state index is 10.4. The smallest absolute Gasteiger partial charge is 0.323 e. The normalized spacial score (nSPS) is 18.0. The Morgan fingerprint density at radius 3 is 1.51 bits per heavy atom. The van der Waals surface area contributed by atoms with Gasteiger partial charge in [0.1, 0.15) is 29.9 Å². The molecule has 2 rings (SSSR count). The summed E-state index contributed by atoms with van der Waals surface area (Å²) in [6, 6.07) is 2.84. The Bertz CT molecular complexity index is 788. The standard InChI is InChI=1S/C9H11NO3.C5H9NO2.2C4H9NO3/c10-8(9(12)13)5-6-1-3-7(11)4-2-6;7-5(8)4-2-1-3-6-4;2*1-2(6)3(5)4(7)8/h1-4,8,11H,5,10H2,(H,12,13);4,6H,1-3H2,(H,7,8);2*2-3,6H,5H2,1H3,(H,7,8)/t;4-;2-,3+;/m.00./s1. The van der Waals surface area contributed by atoms with Crippen molar-refractivity contribution in [2.45, 2.75) is 69.5 Å². The largest absolute Gasteiger partial charge is 0.508 e. The zero-order chi connectivity index (χ0) is 29.3. The molecular weight excluding hydrogens is 496 g/mol. The van der Waals surface area contributed by atoms with Crippen LogP contribution in [0.3, 0.4) is 0 Å². The molecule has 1 aromatic rings. The van der Waals surface area contributed by atoms with Crippen LogP contribution in [0.4, 0.5) is 0 Å². The van der Waals surface area contributed by atoms with Gasteiger partial charge in [-0.3, -0.25) is 19.2 Å². The molecule has 0 spiro atoms.